The molecular formula is C6H4BrF2N3O2. The average molecular weight is 268 g/mol. The van der Waals surface area contributed by atoms with E-state index in [2.05, 4.69) is 20.9 Å². The third-order valence-electron chi connectivity index (χ3n) is 1.50. The highest BCUT2D eigenvalue weighted by molar-refractivity contribution is 9.10. The lowest BCUT2D eigenvalue weighted by atomic mass is 10.2. The summed E-state index contributed by atoms with van der Waals surface area (Å²) in [7, 11) is 0. The second-order valence-corrected chi connectivity index (χ2v) is 3.07. The van der Waals surface area contributed by atoms with Gasteiger partial charge in [-0.3, -0.25) is 10.1 Å². The summed E-state index contributed by atoms with van der Waals surface area (Å²) in [6, 6.07) is 0. The van der Waals surface area contributed by atoms with E-state index in [9.17, 15) is 18.9 Å². The standard InChI is InChI=1S/C6H4BrF2N3O2/c7-5-3(6(8)9)4(10)2(1-11-5)12(13)14/h1,6H,(H2,10,11). The zero-order valence-electron chi connectivity index (χ0n) is 6.58. The Bertz CT molecular complexity index is 386. The molecule has 0 saturated heterocycles. The Labute approximate surface area is 85.2 Å². The summed E-state index contributed by atoms with van der Waals surface area (Å²) in [5, 5.41) is 10.3. The zero-order chi connectivity index (χ0) is 10.9. The monoisotopic (exact) mass is 267 g/mol. The Morgan fingerprint density at radius 3 is 2.64 bits per heavy atom. The summed E-state index contributed by atoms with van der Waals surface area (Å²) in [4.78, 5) is 12.9. The number of hydrogen-bond donors (Lipinski definition) is 1. The topological polar surface area (TPSA) is 82.0 Å². The van der Waals surface area contributed by atoms with Gasteiger partial charge in [0.15, 0.2) is 0 Å². The van der Waals surface area contributed by atoms with E-state index in [1.807, 2.05) is 0 Å². The number of nitrogens with two attached hydrogens (primary N) is 1. The molecule has 0 amide bonds. The molecule has 0 spiro atoms. The number of aromatic nitrogens is 1. The molecule has 0 radical (unpaired) electrons. The molecule has 1 aromatic heterocycles. The largest absolute Gasteiger partial charge is 0.393 e. The maximum absolute atomic E-state index is 12.4. The molecular weight excluding hydrogens is 264 g/mol. The number of nitro groups is 1. The second-order valence-electron chi connectivity index (χ2n) is 2.32. The summed E-state index contributed by atoms with van der Waals surface area (Å²) in [5.41, 5.74) is 3.36. The van der Waals surface area contributed by atoms with Crippen LogP contribution in [-0.4, -0.2) is 9.91 Å². The molecule has 0 fully saturated rings. The highest BCUT2D eigenvalue weighted by Crippen LogP contribution is 2.35. The molecule has 0 aliphatic heterocycles. The molecule has 5 nitrogen and oxygen atoms in total. The Morgan fingerprint density at radius 2 is 2.21 bits per heavy atom. The van der Waals surface area contributed by atoms with Crippen LogP contribution in [-0.2, 0) is 0 Å². The summed E-state index contributed by atoms with van der Waals surface area (Å²) in [6.07, 6.45) is -2.08. The van der Waals surface area contributed by atoms with Crippen molar-refractivity contribution in [1.82, 2.24) is 4.98 Å². The van der Waals surface area contributed by atoms with Crippen LogP contribution in [0.3, 0.4) is 0 Å². The van der Waals surface area contributed by atoms with E-state index in [0.717, 1.165) is 6.20 Å². The molecule has 0 atom stereocenters. The van der Waals surface area contributed by atoms with Gasteiger partial charge in [-0.25, -0.2) is 13.8 Å². The van der Waals surface area contributed by atoms with Gasteiger partial charge in [0.25, 0.3) is 6.43 Å². The van der Waals surface area contributed by atoms with Gasteiger partial charge in [0.05, 0.1) is 10.5 Å². The van der Waals surface area contributed by atoms with Crippen molar-refractivity contribution in [2.24, 2.45) is 0 Å². The minimum atomic E-state index is -2.91. The predicted molar refractivity (Wildman–Crippen MR) is 48.0 cm³/mol. The van der Waals surface area contributed by atoms with Gasteiger partial charge in [0, 0.05) is 0 Å². The summed E-state index contributed by atoms with van der Waals surface area (Å²) >= 11 is 2.74. The van der Waals surface area contributed by atoms with Crippen molar-refractivity contribution in [3.05, 3.63) is 26.5 Å². The molecule has 0 unspecified atom stereocenters. The first-order valence-corrected chi connectivity index (χ1v) is 4.11. The molecule has 0 aliphatic carbocycles. The van der Waals surface area contributed by atoms with Crippen LogP contribution in [0.2, 0.25) is 0 Å². The minimum absolute atomic E-state index is 0.185. The first-order valence-electron chi connectivity index (χ1n) is 3.31. The van der Waals surface area contributed by atoms with E-state index in [1.54, 1.807) is 0 Å². The third kappa shape index (κ3) is 1.79. The van der Waals surface area contributed by atoms with E-state index >= 15 is 0 Å². The van der Waals surface area contributed by atoms with Gasteiger partial charge < -0.3 is 5.73 Å². The van der Waals surface area contributed by atoms with E-state index in [0.29, 0.717) is 0 Å². The number of nitrogens with zero attached hydrogens (tertiary/aromatic N) is 2. The highest BCUT2D eigenvalue weighted by atomic mass is 79.9. The van der Waals surface area contributed by atoms with Crippen molar-refractivity contribution in [3.63, 3.8) is 0 Å². The van der Waals surface area contributed by atoms with Gasteiger partial charge in [-0.1, -0.05) is 0 Å². The number of hydrogen-bond acceptors (Lipinski definition) is 4. The SMILES string of the molecule is Nc1c([N+](=O)[O-])cnc(Br)c1C(F)F. The number of pyridine rings is 1. The molecule has 0 saturated carbocycles. The lowest BCUT2D eigenvalue weighted by Gasteiger charge is -2.05. The van der Waals surface area contributed by atoms with Crippen molar-refractivity contribution < 1.29 is 13.7 Å². The molecule has 0 aliphatic rings. The van der Waals surface area contributed by atoms with Crippen LogP contribution in [0.1, 0.15) is 12.0 Å². The molecule has 14 heavy (non-hydrogen) atoms. The smallest absolute Gasteiger partial charge is 0.310 e. The van der Waals surface area contributed by atoms with Gasteiger partial charge in [0.1, 0.15) is 16.5 Å². The van der Waals surface area contributed by atoms with Gasteiger partial charge in [-0.05, 0) is 15.9 Å². The lowest BCUT2D eigenvalue weighted by Crippen LogP contribution is -2.03. The van der Waals surface area contributed by atoms with Crippen molar-refractivity contribution in [2.45, 2.75) is 6.43 Å². The van der Waals surface area contributed by atoms with Crippen molar-refractivity contribution in [1.29, 1.82) is 0 Å². The van der Waals surface area contributed by atoms with Gasteiger partial charge in [-0.2, -0.15) is 0 Å². The summed E-state index contributed by atoms with van der Waals surface area (Å²) in [6.45, 7) is 0. The molecule has 8 heteroatoms. The first-order chi connectivity index (χ1) is 6.45. The number of nitrogen functional groups attached to an aromatic ring is 1. The predicted octanol–water partition coefficient (Wildman–Crippen LogP) is 2.27. The minimum Gasteiger partial charge on any atom is -0.393 e. The first kappa shape index (κ1) is 10.8. The van der Waals surface area contributed by atoms with Crippen molar-refractivity contribution in [3.8, 4) is 0 Å². The maximum atomic E-state index is 12.4. The summed E-state index contributed by atoms with van der Waals surface area (Å²) in [5.74, 6) is 0. The van der Waals surface area contributed by atoms with Gasteiger partial charge in [0.2, 0.25) is 0 Å². The van der Waals surface area contributed by atoms with E-state index in [1.165, 1.54) is 0 Å². The normalized spacial score (nSPS) is 10.6. The summed E-state index contributed by atoms with van der Waals surface area (Å²) < 4.78 is 24.5. The lowest BCUT2D eigenvalue weighted by molar-refractivity contribution is -0.384. The van der Waals surface area contributed by atoms with Crippen molar-refractivity contribution >= 4 is 27.3 Å². The second kappa shape index (κ2) is 3.82. The number of rotatable bonds is 2. The fourth-order valence-corrected chi connectivity index (χ4v) is 1.35. The third-order valence-corrected chi connectivity index (χ3v) is 2.14. The van der Waals surface area contributed by atoms with Crippen LogP contribution >= 0.6 is 15.9 Å². The maximum Gasteiger partial charge on any atom is 0.310 e. The fourth-order valence-electron chi connectivity index (χ4n) is 0.859. The molecule has 1 aromatic rings. The van der Waals surface area contributed by atoms with Gasteiger partial charge in [-0.15, -0.1) is 0 Å². The van der Waals surface area contributed by atoms with E-state index in [4.69, 9.17) is 5.73 Å². The molecule has 0 aromatic carbocycles. The average Bonchev–Trinajstić information content (AvgIpc) is 2.02. The molecule has 2 N–H and O–H groups in total. The van der Waals surface area contributed by atoms with Crippen LogP contribution in [0.25, 0.3) is 0 Å². The Hall–Kier alpha value is -1.31. The Balaban J connectivity index is 3.41. The number of anilines is 1. The Morgan fingerprint density at radius 1 is 1.64 bits per heavy atom. The van der Waals surface area contributed by atoms with Crippen molar-refractivity contribution in [2.75, 3.05) is 5.73 Å². The zero-order valence-corrected chi connectivity index (χ0v) is 8.16. The van der Waals surface area contributed by atoms with E-state index < -0.39 is 28.3 Å². The number of halogens is 3. The fraction of sp³-hybridized carbons (Fsp3) is 0.167. The molecule has 76 valence electrons. The van der Waals surface area contributed by atoms with Crippen LogP contribution in [0.4, 0.5) is 20.2 Å². The Kier molecular flexibility index (Phi) is 2.94. The van der Waals surface area contributed by atoms with Gasteiger partial charge >= 0.3 is 5.69 Å². The van der Waals surface area contributed by atoms with Crippen LogP contribution < -0.4 is 5.73 Å². The van der Waals surface area contributed by atoms with Crippen LogP contribution in [0, 0.1) is 10.1 Å². The van der Waals surface area contributed by atoms with Crippen LogP contribution in [0.5, 0.6) is 0 Å². The molecule has 1 rings (SSSR count). The number of alkyl halides is 2. The van der Waals surface area contributed by atoms with Crippen LogP contribution in [0.15, 0.2) is 10.8 Å². The molecule has 1 heterocycles. The molecule has 0 bridgehead atoms. The van der Waals surface area contributed by atoms with E-state index in [-0.39, 0.29) is 4.60 Å². The highest BCUT2D eigenvalue weighted by Gasteiger charge is 2.24. The quantitative estimate of drug-likeness (QED) is 0.506.